The molecule has 0 aliphatic carbocycles. The molecule has 0 unspecified atom stereocenters. The van der Waals surface area contributed by atoms with Gasteiger partial charge >= 0.3 is 5.97 Å². The predicted octanol–water partition coefficient (Wildman–Crippen LogP) is 4.34. The van der Waals surface area contributed by atoms with Crippen LogP contribution in [0.4, 0.5) is 4.39 Å². The van der Waals surface area contributed by atoms with E-state index in [4.69, 9.17) is 5.11 Å². The summed E-state index contributed by atoms with van der Waals surface area (Å²) in [6.07, 6.45) is 4.18. The number of imidazole rings is 1. The van der Waals surface area contributed by atoms with Gasteiger partial charge in [0.1, 0.15) is 11.6 Å². The highest BCUT2D eigenvalue weighted by molar-refractivity contribution is 5.90. The number of halogens is 1. The van der Waals surface area contributed by atoms with E-state index >= 15 is 0 Å². The number of aryl methyl sites for hydroxylation is 1. The number of aromatic nitrogens is 2. The van der Waals surface area contributed by atoms with E-state index in [1.54, 1.807) is 36.5 Å². The Balaban J connectivity index is 2.01. The summed E-state index contributed by atoms with van der Waals surface area (Å²) in [4.78, 5) is 18.7. The van der Waals surface area contributed by atoms with Gasteiger partial charge in [0.25, 0.3) is 0 Å². The van der Waals surface area contributed by atoms with Crippen molar-refractivity contribution >= 4 is 17.6 Å². The van der Waals surface area contributed by atoms with Crippen LogP contribution in [0.5, 0.6) is 0 Å². The van der Waals surface area contributed by atoms with Gasteiger partial charge in [-0.2, -0.15) is 0 Å². The smallest absolute Gasteiger partial charge is 0.335 e. The summed E-state index contributed by atoms with van der Waals surface area (Å²) in [5, 5.41) is 9.15. The lowest BCUT2D eigenvalue weighted by Gasteiger charge is -2.08. The van der Waals surface area contributed by atoms with Gasteiger partial charge in [0.2, 0.25) is 0 Å². The summed E-state index contributed by atoms with van der Waals surface area (Å²) in [6, 6.07) is 12.9. The van der Waals surface area contributed by atoms with Crippen molar-refractivity contribution in [3.05, 3.63) is 88.8 Å². The second kappa shape index (κ2) is 7.13. The number of aromatic amines is 1. The number of carboxylic acid groups (broad SMARTS) is 1. The lowest BCUT2D eigenvalue weighted by molar-refractivity contribution is 0.0697. The zero-order valence-electron chi connectivity index (χ0n) is 13.7. The molecular formula is C20H17FN2O2. The fourth-order valence-electron chi connectivity index (χ4n) is 2.60. The molecule has 2 aromatic carbocycles. The Kier molecular flexibility index (Phi) is 4.75. The molecule has 0 radical (unpaired) electrons. The van der Waals surface area contributed by atoms with Gasteiger partial charge in [0, 0.05) is 18.3 Å². The zero-order chi connectivity index (χ0) is 17.8. The summed E-state index contributed by atoms with van der Waals surface area (Å²) in [5.74, 6) is -0.479. The minimum absolute atomic E-state index is 0.223. The van der Waals surface area contributed by atoms with Crippen molar-refractivity contribution in [3.8, 4) is 0 Å². The Labute approximate surface area is 144 Å². The van der Waals surface area contributed by atoms with Crippen molar-refractivity contribution in [1.82, 2.24) is 9.97 Å². The first-order valence-electron chi connectivity index (χ1n) is 7.81. The van der Waals surface area contributed by atoms with E-state index in [9.17, 15) is 9.18 Å². The molecule has 0 amide bonds. The molecule has 5 heteroatoms. The Hall–Kier alpha value is -3.21. The summed E-state index contributed by atoms with van der Waals surface area (Å²) in [7, 11) is 0. The van der Waals surface area contributed by atoms with E-state index in [0.717, 1.165) is 28.2 Å². The largest absolute Gasteiger partial charge is 0.478 e. The van der Waals surface area contributed by atoms with Crippen LogP contribution in [0.25, 0.3) is 11.6 Å². The Morgan fingerprint density at radius 1 is 1.20 bits per heavy atom. The molecule has 0 aliphatic heterocycles. The summed E-state index contributed by atoms with van der Waals surface area (Å²) >= 11 is 0. The van der Waals surface area contributed by atoms with Crippen molar-refractivity contribution in [2.75, 3.05) is 0 Å². The van der Waals surface area contributed by atoms with Gasteiger partial charge in [-0.25, -0.2) is 14.2 Å². The van der Waals surface area contributed by atoms with E-state index in [1.165, 1.54) is 12.1 Å². The second-order valence-electron chi connectivity index (χ2n) is 5.80. The number of carboxylic acids is 1. The van der Waals surface area contributed by atoms with Crippen LogP contribution < -0.4 is 0 Å². The number of benzene rings is 2. The second-order valence-corrected chi connectivity index (χ2v) is 5.80. The first-order valence-corrected chi connectivity index (χ1v) is 7.81. The lowest BCUT2D eigenvalue weighted by atomic mass is 9.99. The molecule has 1 heterocycles. The van der Waals surface area contributed by atoms with Gasteiger partial charge < -0.3 is 10.1 Å². The summed E-state index contributed by atoms with van der Waals surface area (Å²) in [6.45, 7) is 1.92. The van der Waals surface area contributed by atoms with Crippen LogP contribution in [0.3, 0.4) is 0 Å². The maximum absolute atomic E-state index is 13.2. The minimum Gasteiger partial charge on any atom is -0.478 e. The molecule has 0 atom stereocenters. The van der Waals surface area contributed by atoms with Gasteiger partial charge in [-0.1, -0.05) is 30.3 Å². The van der Waals surface area contributed by atoms with Crippen LogP contribution in [0.2, 0.25) is 0 Å². The Morgan fingerprint density at radius 2 is 1.96 bits per heavy atom. The molecule has 3 rings (SSSR count). The average Bonchev–Trinajstić information content (AvgIpc) is 3.00. The molecule has 4 nitrogen and oxygen atoms in total. The van der Waals surface area contributed by atoms with Gasteiger partial charge in [-0.05, 0) is 47.9 Å². The zero-order valence-corrected chi connectivity index (χ0v) is 13.7. The molecule has 0 saturated carbocycles. The van der Waals surface area contributed by atoms with Crippen molar-refractivity contribution in [3.63, 3.8) is 0 Å². The van der Waals surface area contributed by atoms with Crippen molar-refractivity contribution < 1.29 is 14.3 Å². The molecule has 0 bridgehead atoms. The Morgan fingerprint density at radius 3 is 2.60 bits per heavy atom. The predicted molar refractivity (Wildman–Crippen MR) is 94.7 cm³/mol. The molecule has 3 aromatic rings. The molecule has 1 aromatic heterocycles. The van der Waals surface area contributed by atoms with Gasteiger partial charge in [-0.15, -0.1) is 0 Å². The van der Waals surface area contributed by atoms with E-state index in [1.807, 2.05) is 19.1 Å². The standard InChI is InChI=1S/C20H17FN2O2/c1-13-12-22-19(23-13)11-17(15-5-7-18(21)8-6-15)10-14-3-2-4-16(9-14)20(24)25/h2-10,12H,11H2,1H3,(H,22,23)(H,24,25). The number of carbonyl (C=O) groups is 1. The number of allylic oxidation sites excluding steroid dienone is 1. The molecule has 0 aliphatic rings. The van der Waals surface area contributed by atoms with Crippen LogP contribution >= 0.6 is 0 Å². The van der Waals surface area contributed by atoms with E-state index in [2.05, 4.69) is 9.97 Å². The average molecular weight is 336 g/mol. The molecule has 0 fully saturated rings. The Bertz CT molecular complexity index is 927. The van der Waals surface area contributed by atoms with Crippen molar-refractivity contribution in [2.24, 2.45) is 0 Å². The summed E-state index contributed by atoms with van der Waals surface area (Å²) in [5.41, 5.74) is 3.72. The molecule has 0 saturated heterocycles. The number of rotatable bonds is 5. The third-order valence-electron chi connectivity index (χ3n) is 3.80. The fourth-order valence-corrected chi connectivity index (χ4v) is 2.60. The van der Waals surface area contributed by atoms with Crippen LogP contribution in [-0.4, -0.2) is 21.0 Å². The molecular weight excluding hydrogens is 319 g/mol. The molecule has 0 spiro atoms. The lowest BCUT2D eigenvalue weighted by Crippen LogP contribution is -1.97. The number of aromatic carboxylic acids is 1. The number of H-pyrrole nitrogens is 1. The van der Waals surface area contributed by atoms with Crippen LogP contribution in [0, 0.1) is 12.7 Å². The van der Waals surface area contributed by atoms with Gasteiger partial charge in [0.15, 0.2) is 0 Å². The van der Waals surface area contributed by atoms with E-state index < -0.39 is 5.97 Å². The topological polar surface area (TPSA) is 66.0 Å². The summed E-state index contributed by atoms with van der Waals surface area (Å²) < 4.78 is 13.2. The number of nitrogens with zero attached hydrogens (tertiary/aromatic N) is 1. The number of hydrogen-bond acceptors (Lipinski definition) is 2. The van der Waals surface area contributed by atoms with Gasteiger partial charge in [-0.3, -0.25) is 0 Å². The SMILES string of the molecule is Cc1cnc(CC(=Cc2cccc(C(=O)O)c2)c2ccc(F)cc2)[nH]1. The molecule has 2 N–H and O–H groups in total. The highest BCUT2D eigenvalue weighted by Gasteiger charge is 2.08. The van der Waals surface area contributed by atoms with Crippen LogP contribution in [0.15, 0.2) is 54.7 Å². The highest BCUT2D eigenvalue weighted by Crippen LogP contribution is 2.23. The normalized spacial score (nSPS) is 11.5. The molecule has 126 valence electrons. The van der Waals surface area contributed by atoms with Crippen LogP contribution in [-0.2, 0) is 6.42 Å². The highest BCUT2D eigenvalue weighted by atomic mass is 19.1. The molecule has 25 heavy (non-hydrogen) atoms. The van der Waals surface area contributed by atoms with Gasteiger partial charge in [0.05, 0.1) is 5.56 Å². The van der Waals surface area contributed by atoms with Crippen LogP contribution in [0.1, 0.15) is 33.0 Å². The minimum atomic E-state index is -0.972. The maximum atomic E-state index is 13.2. The number of nitrogens with one attached hydrogen (secondary N) is 1. The van der Waals surface area contributed by atoms with Crippen molar-refractivity contribution in [1.29, 1.82) is 0 Å². The first kappa shape index (κ1) is 16.6. The quantitative estimate of drug-likeness (QED) is 0.681. The fraction of sp³-hybridized carbons (Fsp3) is 0.100. The third-order valence-corrected chi connectivity index (χ3v) is 3.80. The van der Waals surface area contributed by atoms with E-state index in [0.29, 0.717) is 6.42 Å². The van der Waals surface area contributed by atoms with E-state index in [-0.39, 0.29) is 11.4 Å². The third kappa shape index (κ3) is 4.20. The maximum Gasteiger partial charge on any atom is 0.335 e. The number of hydrogen-bond donors (Lipinski definition) is 2. The van der Waals surface area contributed by atoms with Crippen molar-refractivity contribution in [2.45, 2.75) is 13.3 Å². The first-order chi connectivity index (χ1) is 12.0. The monoisotopic (exact) mass is 336 g/mol.